The van der Waals surface area contributed by atoms with E-state index in [9.17, 15) is 9.18 Å². The molecule has 6 heteroatoms. The molecular weight excluding hydrogens is 349 g/mol. The van der Waals surface area contributed by atoms with Crippen molar-refractivity contribution in [2.45, 2.75) is 12.8 Å². The second kappa shape index (κ2) is 5.78. The summed E-state index contributed by atoms with van der Waals surface area (Å²) in [4.78, 5) is 16.8. The quantitative estimate of drug-likeness (QED) is 0.506. The maximum atomic E-state index is 13.7. The van der Waals surface area contributed by atoms with Gasteiger partial charge in [0, 0.05) is 5.39 Å². The molecule has 2 N–H and O–H groups in total. The van der Waals surface area contributed by atoms with E-state index >= 15 is 0 Å². The molecule has 4 aromatic rings. The minimum absolute atomic E-state index is 0.137. The van der Waals surface area contributed by atoms with Gasteiger partial charge in [-0.1, -0.05) is 41.7 Å². The lowest BCUT2D eigenvalue weighted by atomic mass is 10.0. The molecule has 4 nitrogen and oxygen atoms in total. The highest BCUT2D eigenvalue weighted by Gasteiger charge is 2.19. The minimum Gasteiger partial charge on any atom is -0.305 e. The molecule has 1 aliphatic rings. The van der Waals surface area contributed by atoms with E-state index in [1.54, 1.807) is 12.1 Å². The SMILES string of the molecule is O=C(Nc1nc2c(cc3c4c(cccc42)CC3)s1)Nc1ccccc1F. The summed E-state index contributed by atoms with van der Waals surface area (Å²) in [5.41, 5.74) is 3.74. The van der Waals surface area contributed by atoms with E-state index in [1.807, 2.05) is 0 Å². The molecular formula is C20H14FN3OS. The van der Waals surface area contributed by atoms with Crippen molar-refractivity contribution in [2.24, 2.45) is 0 Å². The van der Waals surface area contributed by atoms with E-state index in [4.69, 9.17) is 0 Å². The Balaban J connectivity index is 1.49. The Kier molecular flexibility index (Phi) is 3.39. The monoisotopic (exact) mass is 363 g/mol. The zero-order valence-corrected chi connectivity index (χ0v) is 14.5. The predicted octanol–water partition coefficient (Wildman–Crippen LogP) is 5.33. The summed E-state index contributed by atoms with van der Waals surface area (Å²) in [6.45, 7) is 0. The Morgan fingerprint density at radius 1 is 1.04 bits per heavy atom. The molecule has 0 saturated heterocycles. The van der Waals surface area contributed by atoms with E-state index in [2.05, 4.69) is 39.9 Å². The van der Waals surface area contributed by atoms with E-state index in [0.29, 0.717) is 5.13 Å². The lowest BCUT2D eigenvalue weighted by Crippen LogP contribution is -2.19. The van der Waals surface area contributed by atoms with Gasteiger partial charge in [-0.3, -0.25) is 5.32 Å². The number of benzene rings is 3. The van der Waals surface area contributed by atoms with Gasteiger partial charge in [0.25, 0.3) is 0 Å². The number of urea groups is 1. The smallest absolute Gasteiger partial charge is 0.305 e. The van der Waals surface area contributed by atoms with Crippen LogP contribution in [0.2, 0.25) is 0 Å². The molecule has 0 radical (unpaired) electrons. The number of para-hydroxylation sites is 1. The standard InChI is InChI=1S/C20H14FN3OS/c21-14-6-1-2-7-15(14)22-19(25)24-20-23-18-13-5-3-4-11-8-9-12(17(11)13)10-16(18)26-20/h1-7,10H,8-9H2,(H2,22,23,24,25). The number of amides is 2. The number of nitrogens with zero attached hydrogens (tertiary/aromatic N) is 1. The van der Waals surface area contributed by atoms with Crippen molar-refractivity contribution in [2.75, 3.05) is 10.6 Å². The van der Waals surface area contributed by atoms with Gasteiger partial charge in [0.2, 0.25) is 0 Å². The number of thiazole rings is 1. The molecule has 1 aromatic heterocycles. The van der Waals surface area contributed by atoms with Crippen LogP contribution in [0.15, 0.2) is 48.5 Å². The molecule has 0 spiro atoms. The topological polar surface area (TPSA) is 54.0 Å². The molecule has 3 aromatic carbocycles. The van der Waals surface area contributed by atoms with Crippen molar-refractivity contribution in [1.29, 1.82) is 0 Å². The van der Waals surface area contributed by atoms with Crippen LogP contribution < -0.4 is 10.6 Å². The van der Waals surface area contributed by atoms with Crippen LogP contribution in [0.25, 0.3) is 21.0 Å². The normalized spacial score (nSPS) is 12.7. The van der Waals surface area contributed by atoms with Crippen molar-refractivity contribution in [3.8, 4) is 0 Å². The number of carbonyl (C=O) groups is 1. The number of nitrogens with one attached hydrogen (secondary N) is 2. The third kappa shape index (κ3) is 2.42. The Labute approximate surface area is 152 Å². The van der Waals surface area contributed by atoms with Gasteiger partial charge in [0.1, 0.15) is 5.82 Å². The van der Waals surface area contributed by atoms with Crippen molar-refractivity contribution in [3.63, 3.8) is 0 Å². The van der Waals surface area contributed by atoms with Crippen LogP contribution in [0, 0.1) is 5.82 Å². The van der Waals surface area contributed by atoms with Crippen molar-refractivity contribution in [3.05, 3.63) is 65.5 Å². The first-order chi connectivity index (χ1) is 12.7. The maximum absolute atomic E-state index is 13.7. The molecule has 0 atom stereocenters. The summed E-state index contributed by atoms with van der Waals surface area (Å²) in [6.07, 6.45) is 2.11. The summed E-state index contributed by atoms with van der Waals surface area (Å²) >= 11 is 1.43. The number of hydrogen-bond donors (Lipinski definition) is 2. The van der Waals surface area contributed by atoms with Crippen LogP contribution in [0.4, 0.5) is 20.0 Å². The first-order valence-corrected chi connectivity index (χ1v) is 9.17. The van der Waals surface area contributed by atoms with Crippen LogP contribution in [0.1, 0.15) is 11.1 Å². The highest BCUT2D eigenvalue weighted by molar-refractivity contribution is 7.22. The third-order valence-corrected chi connectivity index (χ3v) is 5.61. The van der Waals surface area contributed by atoms with Gasteiger partial charge in [-0.05, 0) is 47.6 Å². The fourth-order valence-electron chi connectivity index (χ4n) is 3.57. The first-order valence-electron chi connectivity index (χ1n) is 8.35. The second-order valence-electron chi connectivity index (χ2n) is 6.30. The number of rotatable bonds is 2. The molecule has 5 rings (SSSR count). The number of halogens is 1. The van der Waals surface area contributed by atoms with E-state index in [1.165, 1.54) is 40.0 Å². The van der Waals surface area contributed by atoms with Crippen LogP contribution in [-0.2, 0) is 12.8 Å². The number of carbonyl (C=O) groups excluding carboxylic acids is 1. The summed E-state index contributed by atoms with van der Waals surface area (Å²) in [6, 6.07) is 14.0. The lowest BCUT2D eigenvalue weighted by Gasteiger charge is -2.05. The van der Waals surface area contributed by atoms with Gasteiger partial charge in [0.15, 0.2) is 5.13 Å². The number of hydrogen-bond acceptors (Lipinski definition) is 3. The molecule has 0 saturated carbocycles. The van der Waals surface area contributed by atoms with Gasteiger partial charge in [-0.2, -0.15) is 0 Å². The van der Waals surface area contributed by atoms with Crippen LogP contribution >= 0.6 is 11.3 Å². The maximum Gasteiger partial charge on any atom is 0.325 e. The van der Waals surface area contributed by atoms with Gasteiger partial charge >= 0.3 is 6.03 Å². The second-order valence-corrected chi connectivity index (χ2v) is 7.33. The molecule has 0 aliphatic heterocycles. The molecule has 0 bridgehead atoms. The molecule has 0 fully saturated rings. The number of aromatic nitrogens is 1. The highest BCUT2D eigenvalue weighted by Crippen LogP contribution is 2.39. The van der Waals surface area contributed by atoms with Gasteiger partial charge < -0.3 is 5.32 Å². The molecule has 1 heterocycles. The van der Waals surface area contributed by atoms with Crippen LogP contribution in [-0.4, -0.2) is 11.0 Å². The van der Waals surface area contributed by atoms with Crippen molar-refractivity contribution < 1.29 is 9.18 Å². The fraction of sp³-hybridized carbons (Fsp3) is 0.100. The largest absolute Gasteiger partial charge is 0.325 e. The van der Waals surface area contributed by atoms with Gasteiger partial charge in [0.05, 0.1) is 15.9 Å². The Hall–Kier alpha value is -2.99. The molecule has 0 unspecified atom stereocenters. The lowest BCUT2D eigenvalue weighted by molar-refractivity contribution is 0.262. The summed E-state index contributed by atoms with van der Waals surface area (Å²) in [5, 5.41) is 8.16. The summed E-state index contributed by atoms with van der Waals surface area (Å²) in [5.74, 6) is -0.475. The zero-order chi connectivity index (χ0) is 17.7. The molecule has 26 heavy (non-hydrogen) atoms. The van der Waals surface area contributed by atoms with Gasteiger partial charge in [-0.15, -0.1) is 0 Å². The van der Waals surface area contributed by atoms with E-state index < -0.39 is 11.8 Å². The number of fused-ring (bicyclic) bond motifs is 2. The average Bonchev–Trinajstić information content (AvgIpc) is 3.22. The summed E-state index contributed by atoms with van der Waals surface area (Å²) < 4.78 is 14.7. The van der Waals surface area contributed by atoms with E-state index in [0.717, 1.165) is 28.4 Å². The minimum atomic E-state index is -0.508. The van der Waals surface area contributed by atoms with E-state index in [-0.39, 0.29) is 5.69 Å². The molecule has 128 valence electrons. The van der Waals surface area contributed by atoms with Gasteiger partial charge in [-0.25, -0.2) is 14.2 Å². The zero-order valence-electron chi connectivity index (χ0n) is 13.7. The molecule has 1 aliphatic carbocycles. The Morgan fingerprint density at radius 2 is 1.88 bits per heavy atom. The van der Waals surface area contributed by atoms with Crippen LogP contribution in [0.3, 0.4) is 0 Å². The number of anilines is 2. The Bertz CT molecular complexity index is 1180. The summed E-state index contributed by atoms with van der Waals surface area (Å²) in [7, 11) is 0. The van der Waals surface area contributed by atoms with Crippen molar-refractivity contribution >= 4 is 49.2 Å². The first kappa shape index (κ1) is 15.3. The fourth-order valence-corrected chi connectivity index (χ4v) is 4.51. The predicted molar refractivity (Wildman–Crippen MR) is 104 cm³/mol. The molecule has 2 amide bonds. The number of aryl methyl sites for hydroxylation is 2. The van der Waals surface area contributed by atoms with Crippen molar-refractivity contribution in [1.82, 2.24) is 4.98 Å². The van der Waals surface area contributed by atoms with Crippen LogP contribution in [0.5, 0.6) is 0 Å². The third-order valence-electron chi connectivity index (χ3n) is 4.69. The average molecular weight is 363 g/mol. The highest BCUT2D eigenvalue weighted by atomic mass is 32.1. The Morgan fingerprint density at radius 3 is 2.77 bits per heavy atom.